The Morgan fingerprint density at radius 2 is 2.11 bits per heavy atom. The lowest BCUT2D eigenvalue weighted by Gasteiger charge is -2.18. The van der Waals surface area contributed by atoms with E-state index < -0.39 is 6.10 Å². The van der Waals surface area contributed by atoms with Crippen LogP contribution in [0.5, 0.6) is 5.75 Å². The van der Waals surface area contributed by atoms with Crippen molar-refractivity contribution in [2.75, 3.05) is 38.7 Å². The number of aromatic nitrogens is 5. The van der Waals surface area contributed by atoms with Gasteiger partial charge < -0.3 is 25.2 Å². The highest BCUT2D eigenvalue weighted by molar-refractivity contribution is 5.73. The first kappa shape index (κ1) is 24.8. The van der Waals surface area contributed by atoms with E-state index in [9.17, 15) is 5.11 Å². The van der Waals surface area contributed by atoms with E-state index in [0.717, 1.165) is 47.0 Å². The third-order valence-electron chi connectivity index (χ3n) is 6.18. The molecule has 10 nitrogen and oxygen atoms in total. The number of pyridine rings is 1. The summed E-state index contributed by atoms with van der Waals surface area (Å²) >= 11 is 0. The maximum absolute atomic E-state index is 10.0. The molecule has 37 heavy (non-hydrogen) atoms. The fourth-order valence-electron chi connectivity index (χ4n) is 4.22. The molecule has 1 aliphatic rings. The van der Waals surface area contributed by atoms with Gasteiger partial charge in [-0.3, -0.25) is 4.57 Å². The van der Waals surface area contributed by atoms with Gasteiger partial charge in [-0.1, -0.05) is 12.1 Å². The number of benzene rings is 1. The van der Waals surface area contributed by atoms with Crippen molar-refractivity contribution >= 4 is 5.82 Å². The van der Waals surface area contributed by atoms with Crippen molar-refractivity contribution in [1.29, 1.82) is 0 Å². The van der Waals surface area contributed by atoms with Crippen molar-refractivity contribution < 1.29 is 14.6 Å². The van der Waals surface area contributed by atoms with Crippen molar-refractivity contribution in [3.8, 4) is 34.2 Å². The van der Waals surface area contributed by atoms with Crippen molar-refractivity contribution in [2.45, 2.75) is 25.5 Å². The molecule has 0 bridgehead atoms. The minimum atomic E-state index is -0.600. The summed E-state index contributed by atoms with van der Waals surface area (Å²) in [6, 6.07) is 11.7. The first-order valence-corrected chi connectivity index (χ1v) is 12.3. The molecule has 3 aromatic heterocycles. The average Bonchev–Trinajstić information content (AvgIpc) is 3.64. The number of aliphatic hydroxyl groups excluding tert-OH is 1. The van der Waals surface area contributed by atoms with Crippen LogP contribution in [0.1, 0.15) is 12.0 Å². The average molecular weight is 502 g/mol. The van der Waals surface area contributed by atoms with Gasteiger partial charge in [0.05, 0.1) is 18.3 Å². The van der Waals surface area contributed by atoms with Gasteiger partial charge in [0.15, 0.2) is 5.82 Å². The zero-order valence-electron chi connectivity index (χ0n) is 21.0. The smallest absolute Gasteiger partial charge is 0.162 e. The van der Waals surface area contributed by atoms with E-state index in [0.29, 0.717) is 24.7 Å². The minimum absolute atomic E-state index is 0.187. The topological polar surface area (TPSA) is 119 Å². The first-order chi connectivity index (χ1) is 18.1. The van der Waals surface area contributed by atoms with Gasteiger partial charge in [0.2, 0.25) is 0 Å². The molecule has 0 amide bonds. The highest BCUT2D eigenvalue weighted by Crippen LogP contribution is 2.31. The summed E-state index contributed by atoms with van der Waals surface area (Å²) in [7, 11) is 1.79. The number of imidazole rings is 1. The second-order valence-corrected chi connectivity index (χ2v) is 9.00. The van der Waals surface area contributed by atoms with Crippen LogP contribution >= 0.6 is 0 Å². The number of hydrogen-bond acceptors (Lipinski definition) is 9. The van der Waals surface area contributed by atoms with Gasteiger partial charge >= 0.3 is 0 Å². The van der Waals surface area contributed by atoms with Crippen molar-refractivity contribution in [3.63, 3.8) is 0 Å². The fraction of sp³-hybridized carbons (Fsp3) is 0.333. The number of rotatable bonds is 10. The van der Waals surface area contributed by atoms with Crippen molar-refractivity contribution in [3.05, 3.63) is 66.9 Å². The highest BCUT2D eigenvalue weighted by atomic mass is 16.5. The van der Waals surface area contributed by atoms with Crippen LogP contribution in [-0.4, -0.2) is 75.2 Å². The quantitative estimate of drug-likeness (QED) is 0.301. The Morgan fingerprint density at radius 3 is 2.89 bits per heavy atom. The molecule has 0 saturated carbocycles. The molecule has 4 aromatic rings. The van der Waals surface area contributed by atoms with Crippen molar-refractivity contribution in [1.82, 2.24) is 29.8 Å². The first-order valence-electron chi connectivity index (χ1n) is 12.3. The Hall–Kier alpha value is -3.86. The van der Waals surface area contributed by atoms with Crippen LogP contribution < -0.4 is 15.4 Å². The third kappa shape index (κ3) is 5.93. The van der Waals surface area contributed by atoms with Crippen LogP contribution in [0.2, 0.25) is 0 Å². The maximum Gasteiger partial charge on any atom is 0.162 e. The Morgan fingerprint density at radius 1 is 1.19 bits per heavy atom. The Balaban J connectivity index is 1.52. The summed E-state index contributed by atoms with van der Waals surface area (Å²) in [5, 5.41) is 16.5. The monoisotopic (exact) mass is 501 g/mol. The van der Waals surface area contributed by atoms with E-state index in [-0.39, 0.29) is 12.6 Å². The maximum atomic E-state index is 10.0. The van der Waals surface area contributed by atoms with E-state index >= 15 is 0 Å². The molecule has 4 heterocycles. The number of aliphatic hydroxyl groups is 1. The normalized spacial score (nSPS) is 16.0. The van der Waals surface area contributed by atoms with Gasteiger partial charge in [-0.05, 0) is 44.7 Å². The third-order valence-corrected chi connectivity index (χ3v) is 6.18. The van der Waals surface area contributed by atoms with Crippen LogP contribution in [0, 0.1) is 6.92 Å². The van der Waals surface area contributed by atoms with Crippen LogP contribution in [0.3, 0.4) is 0 Å². The Kier molecular flexibility index (Phi) is 7.69. The lowest BCUT2D eigenvalue weighted by atomic mass is 10.1. The molecule has 1 unspecified atom stereocenters. The fourth-order valence-corrected chi connectivity index (χ4v) is 4.22. The summed E-state index contributed by atoms with van der Waals surface area (Å²) in [6.07, 6.45) is 7.39. The number of ether oxygens (including phenoxy) is 2. The molecule has 5 rings (SSSR count). The second kappa shape index (κ2) is 11.5. The molecule has 0 spiro atoms. The Bertz CT molecular complexity index is 1320. The van der Waals surface area contributed by atoms with Crippen LogP contribution in [0.25, 0.3) is 28.5 Å². The van der Waals surface area contributed by atoms with Gasteiger partial charge in [0.25, 0.3) is 0 Å². The van der Waals surface area contributed by atoms with Crippen LogP contribution in [-0.2, 0) is 4.74 Å². The lowest BCUT2D eigenvalue weighted by Crippen LogP contribution is -2.29. The summed E-state index contributed by atoms with van der Waals surface area (Å²) in [4.78, 5) is 18.5. The van der Waals surface area contributed by atoms with Gasteiger partial charge in [-0.2, -0.15) is 0 Å². The zero-order valence-corrected chi connectivity index (χ0v) is 21.0. The van der Waals surface area contributed by atoms with Gasteiger partial charge in [-0.25, -0.2) is 19.9 Å². The predicted molar refractivity (Wildman–Crippen MR) is 141 cm³/mol. The van der Waals surface area contributed by atoms with Crippen molar-refractivity contribution in [2.24, 2.45) is 0 Å². The van der Waals surface area contributed by atoms with Gasteiger partial charge in [0.1, 0.15) is 36.4 Å². The molecule has 10 heteroatoms. The summed E-state index contributed by atoms with van der Waals surface area (Å²) in [5.74, 6) is 2.74. The number of nitrogens with zero attached hydrogens (tertiary/aromatic N) is 5. The SMILES string of the molecule is CNCC(O)COc1cccc(-c2nc(N[C@@H]3CCOC3)c(C)c(-c3ccnc(-n4ccnc4)c3)n2)c1. The summed E-state index contributed by atoms with van der Waals surface area (Å²) in [5.41, 5.74) is 3.50. The lowest BCUT2D eigenvalue weighted by molar-refractivity contribution is 0.108. The Labute approximate surface area is 215 Å². The second-order valence-electron chi connectivity index (χ2n) is 9.00. The highest BCUT2D eigenvalue weighted by Gasteiger charge is 2.20. The molecule has 192 valence electrons. The molecule has 2 atom stereocenters. The largest absolute Gasteiger partial charge is 0.491 e. The molecule has 0 aliphatic carbocycles. The van der Waals surface area contributed by atoms with Gasteiger partial charge in [-0.15, -0.1) is 0 Å². The van der Waals surface area contributed by atoms with E-state index in [1.165, 1.54) is 0 Å². The molecule has 3 N–H and O–H groups in total. The molecular weight excluding hydrogens is 470 g/mol. The number of nitrogens with one attached hydrogen (secondary N) is 2. The molecule has 1 saturated heterocycles. The molecule has 0 radical (unpaired) electrons. The summed E-state index contributed by atoms with van der Waals surface area (Å²) < 4.78 is 13.3. The van der Waals surface area contributed by atoms with Crippen LogP contribution in [0.15, 0.2) is 61.3 Å². The number of likely N-dealkylation sites (N-methyl/N-ethyl adjacent to an activating group) is 1. The van der Waals surface area contributed by atoms with E-state index in [4.69, 9.17) is 19.4 Å². The zero-order chi connectivity index (χ0) is 25.6. The number of hydrogen-bond donors (Lipinski definition) is 3. The minimum Gasteiger partial charge on any atom is -0.491 e. The van der Waals surface area contributed by atoms with E-state index in [2.05, 4.69) is 20.6 Å². The molecule has 1 aromatic carbocycles. The van der Waals surface area contributed by atoms with Crippen LogP contribution in [0.4, 0.5) is 5.82 Å². The molecule has 1 fully saturated rings. The van der Waals surface area contributed by atoms with Gasteiger partial charge in [0, 0.05) is 48.4 Å². The summed E-state index contributed by atoms with van der Waals surface area (Å²) in [6.45, 7) is 4.05. The standard InChI is InChI=1S/C27H31N7O3/c1-18-25(19-6-8-30-24(13-19)34-10-9-29-17-34)32-27(33-26(18)31-21-7-11-36-15-21)20-4-3-5-23(12-20)37-16-22(35)14-28-2/h3-6,8-10,12-13,17,21-22,28,35H,7,11,14-16H2,1-2H3,(H,31,32,33)/t21-,22?/m1/s1. The predicted octanol–water partition coefficient (Wildman–Crippen LogP) is 2.86. The van der Waals surface area contributed by atoms with E-state index in [1.807, 2.05) is 54.1 Å². The number of anilines is 1. The molecule has 1 aliphatic heterocycles. The van der Waals surface area contributed by atoms with E-state index in [1.54, 1.807) is 25.8 Å². The molecular formula is C27H31N7O3.